The fraction of sp³-hybridized carbons (Fsp3) is 0.273. The molecular weight excluding hydrogens is 232 g/mol. The molecule has 0 bridgehead atoms. The first-order valence-electron chi connectivity index (χ1n) is 4.70. The third kappa shape index (κ3) is 4.31. The third-order valence-corrected chi connectivity index (χ3v) is 2.26. The van der Waals surface area contributed by atoms with E-state index in [0.717, 1.165) is 0 Å². The Bertz CT molecular complexity index is 389. The molecule has 0 fully saturated rings. The number of ether oxygens (including phenoxy) is 1. The van der Waals surface area contributed by atoms with Crippen LogP contribution in [-0.2, 0) is 20.9 Å². The summed E-state index contributed by atoms with van der Waals surface area (Å²) in [7, 11) is 0. The first-order chi connectivity index (χ1) is 7.59. The molecule has 0 saturated heterocycles. The lowest BCUT2D eigenvalue weighted by molar-refractivity contribution is -0.148. The minimum Gasteiger partial charge on any atom is -0.481 e. The lowest BCUT2D eigenvalue weighted by Crippen LogP contribution is -2.07. The monoisotopic (exact) mass is 242 g/mol. The smallest absolute Gasteiger partial charge is 0.306 e. The van der Waals surface area contributed by atoms with Gasteiger partial charge in [0.25, 0.3) is 0 Å². The van der Waals surface area contributed by atoms with Gasteiger partial charge in [0.1, 0.15) is 6.61 Å². The van der Waals surface area contributed by atoms with Crippen LogP contribution in [0.1, 0.15) is 18.4 Å². The van der Waals surface area contributed by atoms with Crippen molar-refractivity contribution in [1.29, 1.82) is 0 Å². The molecule has 0 spiro atoms. The molecule has 1 aromatic rings. The van der Waals surface area contributed by atoms with Crippen LogP contribution in [-0.4, -0.2) is 17.0 Å². The second kappa shape index (κ2) is 6.12. The Morgan fingerprint density at radius 1 is 1.25 bits per heavy atom. The van der Waals surface area contributed by atoms with Gasteiger partial charge in [0, 0.05) is 10.6 Å². The van der Waals surface area contributed by atoms with Gasteiger partial charge in [0.2, 0.25) is 0 Å². The van der Waals surface area contributed by atoms with Crippen LogP contribution in [0, 0.1) is 0 Å². The number of rotatable bonds is 5. The number of benzene rings is 1. The first kappa shape index (κ1) is 12.5. The Hall–Kier alpha value is -1.55. The van der Waals surface area contributed by atoms with E-state index in [4.69, 9.17) is 21.4 Å². The molecule has 0 radical (unpaired) electrons. The van der Waals surface area contributed by atoms with Crippen LogP contribution < -0.4 is 0 Å². The predicted molar refractivity (Wildman–Crippen MR) is 58.1 cm³/mol. The maximum atomic E-state index is 11.1. The zero-order valence-corrected chi connectivity index (χ0v) is 9.24. The highest BCUT2D eigenvalue weighted by molar-refractivity contribution is 6.31. The molecule has 0 aromatic heterocycles. The van der Waals surface area contributed by atoms with E-state index in [1.165, 1.54) is 0 Å². The van der Waals surface area contributed by atoms with Crippen LogP contribution in [0.2, 0.25) is 5.02 Å². The number of carbonyl (C=O) groups excluding carboxylic acids is 1. The summed E-state index contributed by atoms with van der Waals surface area (Å²) in [5.41, 5.74) is 0.702. The normalized spacial score (nSPS) is 9.81. The molecule has 0 atom stereocenters. The number of hydrogen-bond donors (Lipinski definition) is 1. The zero-order valence-electron chi connectivity index (χ0n) is 8.48. The van der Waals surface area contributed by atoms with E-state index >= 15 is 0 Å². The minimum absolute atomic E-state index is 0.0676. The predicted octanol–water partition coefficient (Wildman–Crippen LogP) is 2.25. The molecule has 1 aromatic carbocycles. The van der Waals surface area contributed by atoms with Gasteiger partial charge in [-0.05, 0) is 6.07 Å². The number of carboxylic acid groups (broad SMARTS) is 1. The average Bonchev–Trinajstić information content (AvgIpc) is 2.25. The zero-order chi connectivity index (χ0) is 12.0. The van der Waals surface area contributed by atoms with Crippen molar-refractivity contribution in [2.75, 3.05) is 0 Å². The maximum Gasteiger partial charge on any atom is 0.306 e. The van der Waals surface area contributed by atoms with E-state index in [1.807, 2.05) is 0 Å². The highest BCUT2D eigenvalue weighted by Crippen LogP contribution is 2.15. The van der Waals surface area contributed by atoms with E-state index in [2.05, 4.69) is 0 Å². The van der Waals surface area contributed by atoms with Gasteiger partial charge in [-0.25, -0.2) is 0 Å². The Balaban J connectivity index is 2.37. The van der Waals surface area contributed by atoms with Gasteiger partial charge in [0.15, 0.2) is 0 Å². The second-order valence-electron chi connectivity index (χ2n) is 3.15. The summed E-state index contributed by atoms with van der Waals surface area (Å²) < 4.78 is 4.87. The topological polar surface area (TPSA) is 63.6 Å². The van der Waals surface area contributed by atoms with Crippen molar-refractivity contribution >= 4 is 23.5 Å². The number of carbonyl (C=O) groups is 2. The number of halogens is 1. The number of esters is 1. The van der Waals surface area contributed by atoms with Gasteiger partial charge in [0.05, 0.1) is 12.8 Å². The van der Waals surface area contributed by atoms with Crippen LogP contribution in [0.4, 0.5) is 0 Å². The SMILES string of the molecule is O=C(O)CCC(=O)OCc1ccccc1Cl. The van der Waals surface area contributed by atoms with E-state index in [-0.39, 0.29) is 19.4 Å². The lowest BCUT2D eigenvalue weighted by Gasteiger charge is -2.05. The molecule has 0 aliphatic carbocycles. The minimum atomic E-state index is -1.02. The molecule has 86 valence electrons. The van der Waals surface area contributed by atoms with Crippen LogP contribution in [0.3, 0.4) is 0 Å². The largest absolute Gasteiger partial charge is 0.481 e. The van der Waals surface area contributed by atoms with Crippen molar-refractivity contribution < 1.29 is 19.4 Å². The molecule has 5 heteroatoms. The highest BCUT2D eigenvalue weighted by Gasteiger charge is 2.07. The number of hydrogen-bond acceptors (Lipinski definition) is 3. The van der Waals surface area contributed by atoms with Crippen LogP contribution in [0.25, 0.3) is 0 Å². The van der Waals surface area contributed by atoms with E-state index in [1.54, 1.807) is 24.3 Å². The van der Waals surface area contributed by atoms with Crippen LogP contribution in [0.5, 0.6) is 0 Å². The Kier molecular flexibility index (Phi) is 4.79. The third-order valence-electron chi connectivity index (χ3n) is 1.89. The summed E-state index contributed by atoms with van der Waals surface area (Å²) in [4.78, 5) is 21.3. The van der Waals surface area contributed by atoms with Crippen molar-refractivity contribution in [2.45, 2.75) is 19.4 Å². The van der Waals surface area contributed by atoms with Crippen LogP contribution in [0.15, 0.2) is 24.3 Å². The number of aliphatic carboxylic acids is 1. The maximum absolute atomic E-state index is 11.1. The van der Waals surface area contributed by atoms with Gasteiger partial charge in [-0.2, -0.15) is 0 Å². The summed E-state index contributed by atoms with van der Waals surface area (Å²) >= 11 is 5.85. The molecule has 0 unspecified atom stereocenters. The standard InChI is InChI=1S/C11H11ClO4/c12-9-4-2-1-3-8(9)7-16-11(15)6-5-10(13)14/h1-4H,5-7H2,(H,13,14). The molecule has 0 aliphatic heterocycles. The summed E-state index contributed by atoms with van der Waals surface area (Å²) in [5, 5.41) is 8.88. The molecule has 0 saturated carbocycles. The fourth-order valence-corrected chi connectivity index (χ4v) is 1.25. The molecule has 4 nitrogen and oxygen atoms in total. The number of carboxylic acids is 1. The molecule has 1 rings (SSSR count). The van der Waals surface area contributed by atoms with E-state index < -0.39 is 11.9 Å². The Morgan fingerprint density at radius 3 is 2.56 bits per heavy atom. The fourth-order valence-electron chi connectivity index (χ4n) is 1.05. The lowest BCUT2D eigenvalue weighted by atomic mass is 10.2. The van der Waals surface area contributed by atoms with E-state index in [9.17, 15) is 9.59 Å². The Labute approximate surface area is 97.8 Å². The van der Waals surface area contributed by atoms with Crippen molar-refractivity contribution in [3.63, 3.8) is 0 Å². The van der Waals surface area contributed by atoms with Gasteiger partial charge in [-0.3, -0.25) is 9.59 Å². The summed E-state index contributed by atoms with van der Waals surface area (Å²) in [6.45, 7) is 0.0676. The van der Waals surface area contributed by atoms with Crippen molar-refractivity contribution in [2.24, 2.45) is 0 Å². The van der Waals surface area contributed by atoms with E-state index in [0.29, 0.717) is 10.6 Å². The second-order valence-corrected chi connectivity index (χ2v) is 3.55. The molecule has 0 aliphatic rings. The van der Waals surface area contributed by atoms with Gasteiger partial charge >= 0.3 is 11.9 Å². The quantitative estimate of drug-likeness (QED) is 0.805. The van der Waals surface area contributed by atoms with Crippen molar-refractivity contribution in [1.82, 2.24) is 0 Å². The van der Waals surface area contributed by atoms with Gasteiger partial charge < -0.3 is 9.84 Å². The summed E-state index contributed by atoms with van der Waals surface area (Å²) in [6, 6.07) is 7.00. The molecule has 16 heavy (non-hydrogen) atoms. The van der Waals surface area contributed by atoms with Crippen LogP contribution >= 0.6 is 11.6 Å². The van der Waals surface area contributed by atoms with Gasteiger partial charge in [-0.15, -0.1) is 0 Å². The molecule has 0 amide bonds. The molecule has 0 heterocycles. The van der Waals surface area contributed by atoms with Crippen molar-refractivity contribution in [3.05, 3.63) is 34.9 Å². The molecule has 1 N–H and O–H groups in total. The van der Waals surface area contributed by atoms with Gasteiger partial charge in [-0.1, -0.05) is 29.8 Å². The Morgan fingerprint density at radius 2 is 1.94 bits per heavy atom. The molecular formula is C11H11ClO4. The summed E-state index contributed by atoms with van der Waals surface area (Å²) in [6.07, 6.45) is -0.346. The summed E-state index contributed by atoms with van der Waals surface area (Å²) in [5.74, 6) is -1.56. The first-order valence-corrected chi connectivity index (χ1v) is 5.08. The van der Waals surface area contributed by atoms with Crippen molar-refractivity contribution in [3.8, 4) is 0 Å². The highest BCUT2D eigenvalue weighted by atomic mass is 35.5. The average molecular weight is 243 g/mol.